The molecule has 0 saturated heterocycles. The minimum absolute atomic E-state index is 0.0599. The molecule has 0 saturated carbocycles. The monoisotopic (exact) mass is 280 g/mol. The summed E-state index contributed by atoms with van der Waals surface area (Å²) in [4.78, 5) is 11.8. The van der Waals surface area contributed by atoms with Crippen LogP contribution in [0.4, 0.5) is 0 Å². The molecule has 2 N–H and O–H groups in total. The van der Waals surface area contributed by atoms with E-state index >= 15 is 0 Å². The number of halogens is 1. The van der Waals surface area contributed by atoms with Gasteiger partial charge in [0.2, 0.25) is 0 Å². The van der Waals surface area contributed by atoms with Crippen LogP contribution in [0.2, 0.25) is 0 Å². The van der Waals surface area contributed by atoms with Gasteiger partial charge in [0.05, 0.1) is 0 Å². The quantitative estimate of drug-likeness (QED) is 0.889. The zero-order chi connectivity index (χ0) is 11.5. The van der Waals surface area contributed by atoms with Crippen LogP contribution in [-0.2, 0) is 13.1 Å². The van der Waals surface area contributed by atoms with Crippen molar-refractivity contribution in [1.29, 1.82) is 0 Å². The van der Waals surface area contributed by atoms with Gasteiger partial charge in [-0.2, -0.15) is 0 Å². The van der Waals surface area contributed by atoms with E-state index in [1.165, 1.54) is 11.1 Å². The number of carbonyl (C=O) groups excluding carboxylic acids is 1. The largest absolute Gasteiger partial charge is 0.347 e. The van der Waals surface area contributed by atoms with Crippen molar-refractivity contribution in [3.8, 4) is 0 Å². The first-order chi connectivity index (χ1) is 7.66. The number of benzene rings is 1. The molecule has 1 amide bonds. The van der Waals surface area contributed by atoms with Gasteiger partial charge in [0.15, 0.2) is 0 Å². The van der Waals surface area contributed by atoms with Crippen LogP contribution >= 0.6 is 15.9 Å². The van der Waals surface area contributed by atoms with E-state index in [0.29, 0.717) is 12.1 Å². The van der Waals surface area contributed by atoms with Gasteiger partial charge in [-0.05, 0) is 23.3 Å². The summed E-state index contributed by atoms with van der Waals surface area (Å²) in [6.07, 6.45) is 0. The molecule has 0 fully saturated rings. The molecular weight excluding hydrogens is 268 g/mol. The van der Waals surface area contributed by atoms with E-state index in [2.05, 4.69) is 33.1 Å². The molecule has 1 aromatic carbocycles. The van der Waals surface area contributed by atoms with Gasteiger partial charge in [-0.3, -0.25) is 4.79 Å². The van der Waals surface area contributed by atoms with Crippen LogP contribution in [0.25, 0.3) is 0 Å². The fourth-order valence-corrected chi connectivity index (χ4v) is 1.85. The molecule has 84 valence electrons. The maximum absolute atomic E-state index is 11.8. The van der Waals surface area contributed by atoms with Gasteiger partial charge in [0.25, 0.3) is 5.91 Å². The second-order valence-corrected chi connectivity index (χ2v) is 4.91. The maximum Gasteiger partial charge on any atom is 0.251 e. The van der Waals surface area contributed by atoms with Crippen LogP contribution in [-0.4, -0.2) is 12.5 Å². The Balaban J connectivity index is 2.09. The second-order valence-electron chi connectivity index (χ2n) is 3.79. The third-order valence-electron chi connectivity index (χ3n) is 2.54. The molecule has 1 aromatic rings. The summed E-state index contributed by atoms with van der Waals surface area (Å²) >= 11 is 3.21. The van der Waals surface area contributed by atoms with Gasteiger partial charge in [0.1, 0.15) is 0 Å². The van der Waals surface area contributed by atoms with E-state index in [9.17, 15) is 4.79 Å². The number of carbonyl (C=O) groups is 1. The first-order valence-electron chi connectivity index (χ1n) is 5.11. The van der Waals surface area contributed by atoms with Crippen molar-refractivity contribution in [3.63, 3.8) is 0 Å². The number of hydrogen-bond donors (Lipinski definition) is 2. The van der Waals surface area contributed by atoms with E-state index in [1.54, 1.807) is 0 Å². The average molecular weight is 281 g/mol. The molecule has 4 heteroatoms. The van der Waals surface area contributed by atoms with Crippen molar-refractivity contribution in [3.05, 3.63) is 46.0 Å². The molecule has 16 heavy (non-hydrogen) atoms. The maximum atomic E-state index is 11.8. The lowest BCUT2D eigenvalue weighted by molar-refractivity contribution is 0.0957. The Hall–Kier alpha value is -1.13. The lowest BCUT2D eigenvalue weighted by atomic mass is 10.1. The number of rotatable bonds is 3. The molecule has 3 nitrogen and oxygen atoms in total. The summed E-state index contributed by atoms with van der Waals surface area (Å²) in [5.74, 6) is -0.0599. The zero-order valence-corrected chi connectivity index (χ0v) is 10.4. The van der Waals surface area contributed by atoms with Gasteiger partial charge < -0.3 is 10.6 Å². The Kier molecular flexibility index (Phi) is 3.41. The Morgan fingerprint density at radius 2 is 2.19 bits per heavy atom. The minimum atomic E-state index is -0.0599. The highest BCUT2D eigenvalue weighted by molar-refractivity contribution is 9.11. The molecule has 0 spiro atoms. The standard InChI is InChI=1S/C12H13BrN2O/c1-8(13)5-15-12(16)9-2-3-10-6-14-7-11(10)4-9/h2-4,14H,1,5-7H2,(H,15,16). The van der Waals surface area contributed by atoms with E-state index < -0.39 is 0 Å². The van der Waals surface area contributed by atoms with Crippen molar-refractivity contribution >= 4 is 21.8 Å². The fourth-order valence-electron chi connectivity index (χ4n) is 1.71. The molecule has 0 aliphatic carbocycles. The molecule has 0 atom stereocenters. The third kappa shape index (κ3) is 2.51. The highest BCUT2D eigenvalue weighted by Crippen LogP contribution is 2.16. The van der Waals surface area contributed by atoms with Gasteiger partial charge >= 0.3 is 0 Å². The first-order valence-corrected chi connectivity index (χ1v) is 5.90. The van der Waals surface area contributed by atoms with Crippen LogP contribution in [0.1, 0.15) is 21.5 Å². The molecule has 0 unspecified atom stereocenters. The van der Waals surface area contributed by atoms with E-state index in [1.807, 2.05) is 18.2 Å². The van der Waals surface area contributed by atoms with E-state index in [0.717, 1.165) is 17.6 Å². The van der Waals surface area contributed by atoms with E-state index in [-0.39, 0.29) is 5.91 Å². The predicted octanol–water partition coefficient (Wildman–Crippen LogP) is 1.93. The summed E-state index contributed by atoms with van der Waals surface area (Å²) < 4.78 is 0.767. The molecular formula is C12H13BrN2O. The van der Waals surface area contributed by atoms with Crippen LogP contribution in [0.3, 0.4) is 0 Å². The van der Waals surface area contributed by atoms with Crippen molar-refractivity contribution in [2.24, 2.45) is 0 Å². The molecule has 0 radical (unpaired) electrons. The van der Waals surface area contributed by atoms with Gasteiger partial charge in [-0.1, -0.05) is 28.6 Å². The average Bonchev–Trinajstić information content (AvgIpc) is 2.72. The molecule has 1 aliphatic heterocycles. The summed E-state index contributed by atoms with van der Waals surface area (Å²) in [7, 11) is 0. The predicted molar refractivity (Wildman–Crippen MR) is 67.4 cm³/mol. The number of fused-ring (bicyclic) bond motifs is 1. The summed E-state index contributed by atoms with van der Waals surface area (Å²) in [5, 5.41) is 6.03. The Morgan fingerprint density at radius 3 is 2.94 bits per heavy atom. The van der Waals surface area contributed by atoms with Crippen molar-refractivity contribution in [1.82, 2.24) is 10.6 Å². The van der Waals surface area contributed by atoms with Crippen molar-refractivity contribution in [2.75, 3.05) is 6.54 Å². The first kappa shape index (κ1) is 11.4. The zero-order valence-electron chi connectivity index (χ0n) is 8.85. The number of hydrogen-bond acceptors (Lipinski definition) is 2. The molecule has 0 bridgehead atoms. The molecule has 0 aromatic heterocycles. The van der Waals surface area contributed by atoms with Crippen LogP contribution < -0.4 is 10.6 Å². The lowest BCUT2D eigenvalue weighted by Gasteiger charge is -2.05. The Labute approximate surface area is 103 Å². The SMILES string of the molecule is C=C(Br)CNC(=O)c1ccc2c(c1)CNC2. The summed E-state index contributed by atoms with van der Waals surface area (Å²) in [5.41, 5.74) is 3.20. The topological polar surface area (TPSA) is 41.1 Å². The Morgan fingerprint density at radius 1 is 1.44 bits per heavy atom. The normalized spacial score (nSPS) is 13.3. The van der Waals surface area contributed by atoms with Gasteiger partial charge in [-0.25, -0.2) is 0 Å². The summed E-state index contributed by atoms with van der Waals surface area (Å²) in [6, 6.07) is 5.81. The number of amides is 1. The van der Waals surface area contributed by atoms with Gasteiger partial charge in [0, 0.05) is 29.7 Å². The lowest BCUT2D eigenvalue weighted by Crippen LogP contribution is -2.24. The van der Waals surface area contributed by atoms with Gasteiger partial charge in [-0.15, -0.1) is 0 Å². The van der Waals surface area contributed by atoms with E-state index in [4.69, 9.17) is 0 Å². The molecule has 2 rings (SSSR count). The highest BCUT2D eigenvalue weighted by Gasteiger charge is 2.12. The highest BCUT2D eigenvalue weighted by atomic mass is 79.9. The van der Waals surface area contributed by atoms with Crippen LogP contribution in [0.15, 0.2) is 29.3 Å². The minimum Gasteiger partial charge on any atom is -0.347 e. The second kappa shape index (κ2) is 4.80. The fraction of sp³-hybridized carbons (Fsp3) is 0.250. The summed E-state index contributed by atoms with van der Waals surface area (Å²) in [6.45, 7) is 5.87. The molecule has 1 aliphatic rings. The van der Waals surface area contributed by atoms with Crippen molar-refractivity contribution < 1.29 is 4.79 Å². The Bertz CT molecular complexity index is 443. The van der Waals surface area contributed by atoms with Crippen molar-refractivity contribution in [2.45, 2.75) is 13.1 Å². The smallest absolute Gasteiger partial charge is 0.251 e. The van der Waals surface area contributed by atoms with Crippen LogP contribution in [0, 0.1) is 0 Å². The van der Waals surface area contributed by atoms with Crippen LogP contribution in [0.5, 0.6) is 0 Å². The number of nitrogens with one attached hydrogen (secondary N) is 2. The molecule has 1 heterocycles. The third-order valence-corrected chi connectivity index (χ3v) is 2.82.